The van der Waals surface area contributed by atoms with Gasteiger partial charge in [0.25, 0.3) is 0 Å². The van der Waals surface area contributed by atoms with Crippen molar-refractivity contribution in [3.8, 4) is 0 Å². The van der Waals surface area contributed by atoms with Gasteiger partial charge in [-0.3, -0.25) is 14.4 Å². The van der Waals surface area contributed by atoms with E-state index in [1.165, 1.54) is 24.3 Å². The molecular weight excluding hydrogens is 379 g/mol. The van der Waals surface area contributed by atoms with E-state index < -0.39 is 11.1 Å². The first-order valence-electron chi connectivity index (χ1n) is 7.73. The van der Waals surface area contributed by atoms with Crippen LogP contribution in [0.15, 0.2) is 48.5 Å². The smallest absolute Gasteiger partial charge is 0.247 e. The van der Waals surface area contributed by atoms with E-state index in [0.717, 1.165) is 16.7 Å². The minimum absolute atomic E-state index is 0.00441. The molecule has 0 radical (unpaired) electrons. The first kappa shape index (κ1) is 18.4. The minimum atomic E-state index is -0.625. The van der Waals surface area contributed by atoms with Crippen LogP contribution in [0.3, 0.4) is 0 Å². The number of benzene rings is 2. The van der Waals surface area contributed by atoms with Gasteiger partial charge in [0.1, 0.15) is 5.82 Å². The van der Waals surface area contributed by atoms with Crippen molar-refractivity contribution in [2.45, 2.75) is 11.7 Å². The topological polar surface area (TPSA) is 66.5 Å². The van der Waals surface area contributed by atoms with Crippen LogP contribution in [0, 0.1) is 5.82 Å². The molecule has 0 aliphatic carbocycles. The van der Waals surface area contributed by atoms with Crippen LogP contribution >= 0.6 is 23.4 Å². The Hall–Kier alpha value is -2.38. The highest BCUT2D eigenvalue weighted by atomic mass is 35.5. The summed E-state index contributed by atoms with van der Waals surface area (Å²) in [7, 11) is 0. The number of amides is 3. The molecule has 0 saturated carbocycles. The van der Waals surface area contributed by atoms with E-state index in [0.29, 0.717) is 16.4 Å². The van der Waals surface area contributed by atoms with Crippen molar-refractivity contribution in [2.75, 3.05) is 16.0 Å². The van der Waals surface area contributed by atoms with Gasteiger partial charge < -0.3 is 5.32 Å². The summed E-state index contributed by atoms with van der Waals surface area (Å²) in [6.45, 7) is 0. The molecule has 1 fully saturated rings. The SMILES string of the molecule is O=C(CSC1CC(=O)N(c2cccc(Cl)c2)C1=O)Nc1ccc(F)cc1. The van der Waals surface area contributed by atoms with E-state index >= 15 is 0 Å². The number of hydrogen-bond acceptors (Lipinski definition) is 4. The highest BCUT2D eigenvalue weighted by Gasteiger charge is 2.40. The molecule has 26 heavy (non-hydrogen) atoms. The summed E-state index contributed by atoms with van der Waals surface area (Å²) in [5.74, 6) is -1.41. The lowest BCUT2D eigenvalue weighted by atomic mass is 10.3. The average Bonchev–Trinajstić information content (AvgIpc) is 2.89. The first-order valence-corrected chi connectivity index (χ1v) is 9.16. The van der Waals surface area contributed by atoms with Crippen molar-refractivity contribution in [2.24, 2.45) is 0 Å². The molecule has 1 atom stereocenters. The number of halogens is 2. The normalized spacial score (nSPS) is 16.8. The number of thioether (sulfide) groups is 1. The van der Waals surface area contributed by atoms with E-state index in [9.17, 15) is 18.8 Å². The molecule has 1 unspecified atom stereocenters. The number of carbonyl (C=O) groups is 3. The second-order valence-electron chi connectivity index (χ2n) is 5.61. The van der Waals surface area contributed by atoms with Crippen LogP contribution < -0.4 is 10.2 Å². The summed E-state index contributed by atoms with van der Waals surface area (Å²) in [6, 6.07) is 11.9. The maximum Gasteiger partial charge on any atom is 0.247 e. The van der Waals surface area contributed by atoms with Gasteiger partial charge in [0.15, 0.2) is 0 Å². The van der Waals surface area contributed by atoms with Gasteiger partial charge in [0, 0.05) is 17.1 Å². The summed E-state index contributed by atoms with van der Waals surface area (Å²) >= 11 is 7.01. The van der Waals surface area contributed by atoms with Gasteiger partial charge in [-0.1, -0.05) is 17.7 Å². The Morgan fingerprint density at radius 3 is 2.65 bits per heavy atom. The standard InChI is InChI=1S/C18H14ClFN2O3S/c19-11-2-1-3-14(8-11)22-17(24)9-15(18(22)25)26-10-16(23)21-13-6-4-12(20)5-7-13/h1-8,15H,9-10H2,(H,21,23). The van der Waals surface area contributed by atoms with E-state index in [4.69, 9.17) is 11.6 Å². The molecule has 1 aliphatic heterocycles. The van der Waals surface area contributed by atoms with Crippen LogP contribution in [-0.2, 0) is 14.4 Å². The number of rotatable bonds is 5. The van der Waals surface area contributed by atoms with Gasteiger partial charge in [-0.15, -0.1) is 11.8 Å². The Kier molecular flexibility index (Phi) is 5.58. The van der Waals surface area contributed by atoms with E-state index in [2.05, 4.69) is 5.32 Å². The van der Waals surface area contributed by atoms with Gasteiger partial charge in [-0.05, 0) is 42.5 Å². The number of nitrogens with zero attached hydrogens (tertiary/aromatic N) is 1. The third-order valence-corrected chi connectivity index (χ3v) is 5.15. The monoisotopic (exact) mass is 392 g/mol. The highest BCUT2D eigenvalue weighted by Crippen LogP contribution is 2.30. The van der Waals surface area contributed by atoms with Gasteiger partial charge in [0.05, 0.1) is 16.7 Å². The van der Waals surface area contributed by atoms with Gasteiger partial charge in [-0.2, -0.15) is 0 Å². The quantitative estimate of drug-likeness (QED) is 0.791. The summed E-state index contributed by atoms with van der Waals surface area (Å²) in [5, 5.41) is 2.42. The Bertz CT molecular complexity index is 860. The van der Waals surface area contributed by atoms with Crippen molar-refractivity contribution >= 4 is 52.5 Å². The van der Waals surface area contributed by atoms with Crippen LogP contribution in [-0.4, -0.2) is 28.7 Å². The molecule has 3 amide bonds. The Morgan fingerprint density at radius 1 is 1.23 bits per heavy atom. The van der Waals surface area contributed by atoms with Gasteiger partial charge in [-0.25, -0.2) is 9.29 Å². The lowest BCUT2D eigenvalue weighted by Gasteiger charge is -2.15. The predicted molar refractivity (Wildman–Crippen MR) is 99.8 cm³/mol. The number of carbonyl (C=O) groups excluding carboxylic acids is 3. The van der Waals surface area contributed by atoms with E-state index in [1.807, 2.05) is 0 Å². The van der Waals surface area contributed by atoms with Crippen LogP contribution in [0.1, 0.15) is 6.42 Å². The zero-order valence-electron chi connectivity index (χ0n) is 13.4. The highest BCUT2D eigenvalue weighted by molar-refractivity contribution is 8.01. The number of imide groups is 1. The predicted octanol–water partition coefficient (Wildman–Crippen LogP) is 3.48. The van der Waals surface area contributed by atoms with E-state index in [1.54, 1.807) is 24.3 Å². The number of hydrogen-bond donors (Lipinski definition) is 1. The molecule has 0 spiro atoms. The van der Waals surface area contributed by atoms with Gasteiger partial charge in [0.2, 0.25) is 17.7 Å². The fourth-order valence-electron chi connectivity index (χ4n) is 2.53. The molecule has 0 bridgehead atoms. The Morgan fingerprint density at radius 2 is 1.96 bits per heavy atom. The van der Waals surface area contributed by atoms with Crippen LogP contribution in [0.25, 0.3) is 0 Å². The fraction of sp³-hybridized carbons (Fsp3) is 0.167. The van der Waals surface area contributed by atoms with Gasteiger partial charge >= 0.3 is 0 Å². The second kappa shape index (κ2) is 7.88. The Balaban J connectivity index is 1.59. The fourth-order valence-corrected chi connectivity index (χ4v) is 3.64. The molecule has 1 heterocycles. The zero-order valence-corrected chi connectivity index (χ0v) is 15.0. The van der Waals surface area contributed by atoms with Crippen molar-refractivity contribution in [1.29, 1.82) is 0 Å². The molecule has 3 rings (SSSR count). The maximum absolute atomic E-state index is 12.9. The lowest BCUT2D eigenvalue weighted by Crippen LogP contribution is -2.31. The minimum Gasteiger partial charge on any atom is -0.325 e. The Labute approximate surface area is 158 Å². The molecule has 2 aromatic rings. The summed E-state index contributed by atoms with van der Waals surface area (Å²) in [5.41, 5.74) is 0.887. The largest absolute Gasteiger partial charge is 0.325 e. The second-order valence-corrected chi connectivity index (χ2v) is 7.23. The molecule has 1 aliphatic rings. The number of nitrogens with one attached hydrogen (secondary N) is 1. The maximum atomic E-state index is 12.9. The molecule has 1 N–H and O–H groups in total. The van der Waals surface area contributed by atoms with Crippen LogP contribution in [0.2, 0.25) is 5.02 Å². The summed E-state index contributed by atoms with van der Waals surface area (Å²) in [4.78, 5) is 37.8. The number of anilines is 2. The molecule has 1 saturated heterocycles. The lowest BCUT2D eigenvalue weighted by molar-refractivity contribution is -0.121. The average molecular weight is 393 g/mol. The van der Waals surface area contributed by atoms with Crippen molar-refractivity contribution in [3.63, 3.8) is 0 Å². The molecular formula is C18H14ClFN2O3S. The third kappa shape index (κ3) is 4.23. The third-order valence-electron chi connectivity index (χ3n) is 3.72. The molecule has 5 nitrogen and oxygen atoms in total. The molecule has 134 valence electrons. The zero-order chi connectivity index (χ0) is 18.7. The van der Waals surface area contributed by atoms with Crippen molar-refractivity contribution < 1.29 is 18.8 Å². The summed E-state index contributed by atoms with van der Waals surface area (Å²) < 4.78 is 12.9. The molecule has 8 heteroatoms. The van der Waals surface area contributed by atoms with Crippen molar-refractivity contribution in [1.82, 2.24) is 0 Å². The van der Waals surface area contributed by atoms with Crippen LogP contribution in [0.5, 0.6) is 0 Å². The van der Waals surface area contributed by atoms with Crippen molar-refractivity contribution in [3.05, 3.63) is 59.4 Å². The molecule has 2 aromatic carbocycles. The summed E-state index contributed by atoms with van der Waals surface area (Å²) in [6.07, 6.45) is 0.0276. The van der Waals surface area contributed by atoms with E-state index in [-0.39, 0.29) is 29.9 Å². The molecule has 0 aromatic heterocycles. The first-order chi connectivity index (χ1) is 12.4. The van der Waals surface area contributed by atoms with Crippen LogP contribution in [0.4, 0.5) is 15.8 Å².